The number of ether oxygens (including phenoxy) is 2. The molecule has 0 saturated carbocycles. The number of esters is 1. The lowest BCUT2D eigenvalue weighted by Gasteiger charge is -2.24. The zero-order chi connectivity index (χ0) is 17.6. The molecular weight excluding hydrogens is 312 g/mol. The Kier molecular flexibility index (Phi) is 3.95. The van der Waals surface area contributed by atoms with E-state index < -0.39 is 4.92 Å². The molecule has 0 amide bonds. The Balaban J connectivity index is 2.42. The van der Waals surface area contributed by atoms with Gasteiger partial charge in [-0.3, -0.25) is 14.9 Å². The van der Waals surface area contributed by atoms with Gasteiger partial charge in [0.05, 0.1) is 36.0 Å². The molecule has 3 rings (SSSR count). The normalized spacial score (nSPS) is 16.8. The Hall–Kier alpha value is -2.57. The third-order valence-electron chi connectivity index (χ3n) is 4.84. The highest BCUT2D eigenvalue weighted by molar-refractivity contribution is 5.98. The van der Waals surface area contributed by atoms with Crippen molar-refractivity contribution < 1.29 is 19.2 Å². The van der Waals surface area contributed by atoms with E-state index in [0.717, 1.165) is 29.7 Å². The van der Waals surface area contributed by atoms with Crippen molar-refractivity contribution in [1.29, 1.82) is 0 Å². The topological polar surface area (TPSA) is 83.6 Å². The van der Waals surface area contributed by atoms with Crippen LogP contribution in [0.4, 0.5) is 5.69 Å². The number of methoxy groups -OCH3 is 2. The molecule has 128 valence electrons. The van der Waals surface area contributed by atoms with Gasteiger partial charge in [-0.25, -0.2) is 0 Å². The number of benzene rings is 1. The number of aromatic nitrogens is 1. The van der Waals surface area contributed by atoms with Crippen molar-refractivity contribution in [2.45, 2.75) is 39.2 Å². The molecule has 1 aromatic heterocycles. The number of rotatable bonds is 3. The summed E-state index contributed by atoms with van der Waals surface area (Å²) in [6.45, 7) is 4.36. The van der Waals surface area contributed by atoms with Crippen LogP contribution in [0.3, 0.4) is 0 Å². The third kappa shape index (κ3) is 2.15. The fraction of sp³-hybridized carbons (Fsp3) is 0.471. The molecule has 0 fully saturated rings. The minimum absolute atomic E-state index is 0.0319. The van der Waals surface area contributed by atoms with Crippen molar-refractivity contribution in [3.05, 3.63) is 33.0 Å². The molecule has 7 heteroatoms. The number of aryl methyl sites for hydroxylation is 3. The number of carbonyl (C=O) groups excluding carboxylic acids is 1. The van der Waals surface area contributed by atoms with Gasteiger partial charge in [-0.2, -0.15) is 0 Å². The van der Waals surface area contributed by atoms with Crippen LogP contribution in [-0.4, -0.2) is 29.7 Å². The zero-order valence-electron chi connectivity index (χ0n) is 14.2. The van der Waals surface area contributed by atoms with Crippen LogP contribution in [0, 0.1) is 24.0 Å². The monoisotopic (exact) mass is 332 g/mol. The molecular formula is C17H20N2O5. The highest BCUT2D eigenvalue weighted by atomic mass is 16.6. The fourth-order valence-electron chi connectivity index (χ4n) is 3.89. The molecule has 0 saturated heterocycles. The van der Waals surface area contributed by atoms with E-state index in [-0.39, 0.29) is 23.3 Å². The number of hydrogen-bond acceptors (Lipinski definition) is 5. The lowest BCUT2D eigenvalue weighted by atomic mass is 9.93. The highest BCUT2D eigenvalue weighted by Crippen LogP contribution is 2.45. The molecule has 1 atom stereocenters. The summed E-state index contributed by atoms with van der Waals surface area (Å²) in [6.07, 6.45) is 1.52. The molecule has 7 nitrogen and oxygen atoms in total. The van der Waals surface area contributed by atoms with Crippen LogP contribution >= 0.6 is 0 Å². The van der Waals surface area contributed by atoms with Crippen molar-refractivity contribution in [3.8, 4) is 5.75 Å². The Bertz CT molecular complexity index is 853. The Morgan fingerprint density at radius 1 is 1.38 bits per heavy atom. The summed E-state index contributed by atoms with van der Waals surface area (Å²) in [4.78, 5) is 23.5. The third-order valence-corrected chi connectivity index (χ3v) is 4.84. The maximum Gasteiger partial charge on any atom is 0.320 e. The van der Waals surface area contributed by atoms with E-state index in [4.69, 9.17) is 9.47 Å². The van der Waals surface area contributed by atoms with Crippen LogP contribution in [0.2, 0.25) is 0 Å². The minimum atomic E-state index is -0.402. The summed E-state index contributed by atoms with van der Waals surface area (Å²) in [6, 6.07) is 1.90. The Labute approximate surface area is 139 Å². The maximum atomic E-state index is 12.2. The predicted octanol–water partition coefficient (Wildman–Crippen LogP) is 3.23. The minimum Gasteiger partial charge on any atom is -0.490 e. The van der Waals surface area contributed by atoms with Gasteiger partial charge in [-0.15, -0.1) is 0 Å². The van der Waals surface area contributed by atoms with Crippen molar-refractivity contribution in [2.75, 3.05) is 14.2 Å². The zero-order valence-corrected chi connectivity index (χ0v) is 14.2. The van der Waals surface area contributed by atoms with Crippen molar-refractivity contribution in [3.63, 3.8) is 0 Å². The lowest BCUT2D eigenvalue weighted by Crippen LogP contribution is -2.23. The van der Waals surface area contributed by atoms with Crippen LogP contribution in [0.5, 0.6) is 5.75 Å². The van der Waals surface area contributed by atoms with Gasteiger partial charge in [0.2, 0.25) is 5.75 Å². The van der Waals surface area contributed by atoms with Gasteiger partial charge in [-0.05, 0) is 38.3 Å². The molecule has 24 heavy (non-hydrogen) atoms. The van der Waals surface area contributed by atoms with E-state index >= 15 is 0 Å². The smallest absolute Gasteiger partial charge is 0.320 e. The summed E-state index contributed by atoms with van der Waals surface area (Å²) in [7, 11) is 2.80. The molecule has 1 unspecified atom stereocenters. The number of carbonyl (C=O) groups is 1. The first-order chi connectivity index (χ1) is 11.4. The van der Waals surface area contributed by atoms with Crippen molar-refractivity contribution in [1.82, 2.24) is 4.57 Å². The first-order valence-corrected chi connectivity index (χ1v) is 7.84. The first-order valence-electron chi connectivity index (χ1n) is 7.84. The average Bonchev–Trinajstić information content (AvgIpc) is 2.85. The van der Waals surface area contributed by atoms with Gasteiger partial charge in [-0.1, -0.05) is 0 Å². The highest BCUT2D eigenvalue weighted by Gasteiger charge is 2.35. The summed E-state index contributed by atoms with van der Waals surface area (Å²) >= 11 is 0. The van der Waals surface area contributed by atoms with Crippen LogP contribution < -0.4 is 4.74 Å². The molecule has 1 aromatic carbocycles. The maximum absolute atomic E-state index is 12.2. The summed E-state index contributed by atoms with van der Waals surface area (Å²) in [5.41, 5.74) is 3.03. The van der Waals surface area contributed by atoms with E-state index in [1.165, 1.54) is 14.2 Å². The second-order valence-electron chi connectivity index (χ2n) is 6.11. The van der Waals surface area contributed by atoms with E-state index in [1.807, 2.05) is 17.6 Å². The molecule has 0 spiro atoms. The van der Waals surface area contributed by atoms with Gasteiger partial charge < -0.3 is 14.0 Å². The summed E-state index contributed by atoms with van der Waals surface area (Å²) in [5.74, 6) is -0.414. The van der Waals surface area contributed by atoms with Crippen LogP contribution in [-0.2, 0) is 16.1 Å². The Morgan fingerprint density at radius 3 is 2.67 bits per heavy atom. The van der Waals surface area contributed by atoms with Gasteiger partial charge in [0, 0.05) is 17.8 Å². The first kappa shape index (κ1) is 16.3. The van der Waals surface area contributed by atoms with Gasteiger partial charge >= 0.3 is 11.7 Å². The summed E-state index contributed by atoms with van der Waals surface area (Å²) < 4.78 is 12.2. The van der Waals surface area contributed by atoms with Crippen molar-refractivity contribution in [2.24, 2.45) is 0 Å². The molecule has 0 N–H and O–H groups in total. The molecule has 2 aromatic rings. The van der Waals surface area contributed by atoms with Crippen LogP contribution in [0.15, 0.2) is 6.07 Å². The van der Waals surface area contributed by atoms with E-state index in [2.05, 4.69) is 0 Å². The molecule has 0 aliphatic carbocycles. The lowest BCUT2D eigenvalue weighted by molar-refractivity contribution is -0.384. The van der Waals surface area contributed by atoms with Crippen molar-refractivity contribution >= 4 is 22.6 Å². The average molecular weight is 332 g/mol. The standard InChI is InChI=1S/C17H20N2O5/c1-9-8-12-13(15(19(21)22)16(9)23-3)10(2)14-11(17(20)24-4)6-5-7-18(12)14/h8,11H,5-7H2,1-4H3. The number of fused-ring (bicyclic) bond motifs is 3. The molecule has 1 aliphatic rings. The predicted molar refractivity (Wildman–Crippen MR) is 88.6 cm³/mol. The largest absolute Gasteiger partial charge is 0.490 e. The van der Waals surface area contributed by atoms with Gasteiger partial charge in [0.15, 0.2) is 0 Å². The van der Waals surface area contributed by atoms with E-state index in [1.54, 1.807) is 6.92 Å². The number of nitrogens with zero attached hydrogens (tertiary/aromatic N) is 2. The second-order valence-corrected chi connectivity index (χ2v) is 6.11. The molecule has 1 aliphatic heterocycles. The number of nitro groups is 1. The molecule has 0 bridgehead atoms. The quantitative estimate of drug-likeness (QED) is 0.489. The second kappa shape index (κ2) is 5.81. The van der Waals surface area contributed by atoms with E-state index in [9.17, 15) is 14.9 Å². The summed E-state index contributed by atoms with van der Waals surface area (Å²) in [5, 5.41) is 12.3. The van der Waals surface area contributed by atoms with Crippen LogP contribution in [0.1, 0.15) is 35.6 Å². The van der Waals surface area contributed by atoms with Gasteiger partial charge in [0.1, 0.15) is 0 Å². The molecule has 0 radical (unpaired) electrons. The fourth-order valence-corrected chi connectivity index (χ4v) is 3.89. The number of nitro benzene ring substituents is 1. The number of hydrogen-bond donors (Lipinski definition) is 0. The SMILES string of the molecule is COC(=O)C1CCCn2c1c(C)c1c([N+](=O)[O-])c(OC)c(C)cc12. The van der Waals surface area contributed by atoms with E-state index in [0.29, 0.717) is 17.4 Å². The molecule has 2 heterocycles. The Morgan fingerprint density at radius 2 is 2.08 bits per heavy atom. The van der Waals surface area contributed by atoms with Gasteiger partial charge in [0.25, 0.3) is 0 Å². The van der Waals surface area contributed by atoms with Crippen LogP contribution in [0.25, 0.3) is 10.9 Å².